The fourth-order valence-electron chi connectivity index (χ4n) is 1.64. The molecule has 1 aliphatic rings. The van der Waals surface area contributed by atoms with Gasteiger partial charge in [0.2, 0.25) is 0 Å². The van der Waals surface area contributed by atoms with Gasteiger partial charge in [-0.25, -0.2) is 9.80 Å². The van der Waals surface area contributed by atoms with E-state index >= 15 is 0 Å². The van der Waals surface area contributed by atoms with Gasteiger partial charge in [-0.3, -0.25) is 10.2 Å². The summed E-state index contributed by atoms with van der Waals surface area (Å²) >= 11 is 0. The molecule has 1 aliphatic heterocycles. The molecule has 0 radical (unpaired) electrons. The average Bonchev–Trinajstić information content (AvgIpc) is 2.27. The molecule has 1 rings (SSSR count). The van der Waals surface area contributed by atoms with E-state index in [2.05, 4.69) is 10.7 Å². The van der Waals surface area contributed by atoms with Crippen molar-refractivity contribution in [2.24, 2.45) is 0 Å². The minimum Gasteiger partial charge on any atom is -0.481 e. The van der Waals surface area contributed by atoms with Crippen LogP contribution in [0.3, 0.4) is 0 Å². The molecule has 2 amide bonds. The molecule has 0 atom stereocenters. The van der Waals surface area contributed by atoms with E-state index in [-0.39, 0.29) is 12.5 Å². The highest BCUT2D eigenvalue weighted by atomic mass is 16.5. The van der Waals surface area contributed by atoms with Crippen LogP contribution in [0.1, 0.15) is 26.7 Å². The summed E-state index contributed by atoms with van der Waals surface area (Å²) in [5.74, 6) is -0.863. The van der Waals surface area contributed by atoms with Crippen LogP contribution in [0.4, 0.5) is 4.79 Å². The van der Waals surface area contributed by atoms with Crippen molar-refractivity contribution in [3.8, 4) is 0 Å². The minimum atomic E-state index is -0.863. The second-order valence-electron chi connectivity index (χ2n) is 4.94. The van der Waals surface area contributed by atoms with E-state index in [0.717, 1.165) is 0 Å². The SMILES string of the molecule is CC(C)(CCC(=O)O)NC(=O)NN1CCOCC1. The van der Waals surface area contributed by atoms with Crippen LogP contribution in [0.25, 0.3) is 0 Å². The van der Waals surface area contributed by atoms with Gasteiger partial charge >= 0.3 is 12.0 Å². The Hall–Kier alpha value is -1.34. The van der Waals surface area contributed by atoms with Crippen molar-refractivity contribution in [2.75, 3.05) is 26.3 Å². The number of morpholine rings is 1. The number of ether oxygens (including phenoxy) is 1. The molecule has 104 valence electrons. The molecule has 1 fully saturated rings. The average molecular weight is 259 g/mol. The van der Waals surface area contributed by atoms with E-state index in [1.807, 2.05) is 0 Å². The molecule has 0 spiro atoms. The molecule has 0 aromatic carbocycles. The monoisotopic (exact) mass is 259 g/mol. The zero-order chi connectivity index (χ0) is 13.6. The fourth-order valence-corrected chi connectivity index (χ4v) is 1.64. The number of rotatable bonds is 5. The van der Waals surface area contributed by atoms with Gasteiger partial charge in [-0.2, -0.15) is 0 Å². The van der Waals surface area contributed by atoms with Gasteiger partial charge in [0.25, 0.3) is 0 Å². The molecular weight excluding hydrogens is 238 g/mol. The Morgan fingerprint density at radius 1 is 1.33 bits per heavy atom. The van der Waals surface area contributed by atoms with Crippen molar-refractivity contribution in [1.29, 1.82) is 0 Å². The molecule has 1 saturated heterocycles. The molecule has 3 N–H and O–H groups in total. The summed E-state index contributed by atoms with van der Waals surface area (Å²) in [5, 5.41) is 13.2. The summed E-state index contributed by atoms with van der Waals surface area (Å²) in [6.07, 6.45) is 0.420. The third kappa shape index (κ3) is 5.83. The van der Waals surface area contributed by atoms with Crippen molar-refractivity contribution in [3.05, 3.63) is 0 Å². The smallest absolute Gasteiger partial charge is 0.329 e. The lowest BCUT2D eigenvalue weighted by Gasteiger charge is -2.30. The third-order valence-corrected chi connectivity index (χ3v) is 2.69. The summed E-state index contributed by atoms with van der Waals surface area (Å²) in [6, 6.07) is -0.313. The van der Waals surface area contributed by atoms with Crippen LogP contribution < -0.4 is 10.7 Å². The number of nitrogens with zero attached hydrogens (tertiary/aromatic N) is 1. The van der Waals surface area contributed by atoms with Crippen LogP contribution in [0.5, 0.6) is 0 Å². The van der Waals surface area contributed by atoms with E-state index in [1.54, 1.807) is 18.9 Å². The maximum absolute atomic E-state index is 11.7. The highest BCUT2D eigenvalue weighted by Crippen LogP contribution is 2.10. The number of carboxylic acids is 1. The number of hydrogen-bond donors (Lipinski definition) is 3. The number of carboxylic acid groups (broad SMARTS) is 1. The van der Waals surface area contributed by atoms with Crippen molar-refractivity contribution < 1.29 is 19.4 Å². The lowest BCUT2D eigenvalue weighted by molar-refractivity contribution is -0.137. The standard InChI is InChI=1S/C11H21N3O4/c1-11(2,4-3-9(15)16)12-10(17)13-14-5-7-18-8-6-14/h3-8H2,1-2H3,(H,15,16)(H2,12,13,17). The van der Waals surface area contributed by atoms with Gasteiger partial charge in [-0.1, -0.05) is 0 Å². The maximum Gasteiger partial charge on any atom is 0.329 e. The number of hydrogen-bond acceptors (Lipinski definition) is 4. The van der Waals surface area contributed by atoms with E-state index in [9.17, 15) is 9.59 Å². The Bertz CT molecular complexity index is 301. The summed E-state index contributed by atoms with van der Waals surface area (Å²) in [5.41, 5.74) is 2.17. The largest absolute Gasteiger partial charge is 0.481 e. The molecule has 18 heavy (non-hydrogen) atoms. The maximum atomic E-state index is 11.7. The summed E-state index contributed by atoms with van der Waals surface area (Å²) in [4.78, 5) is 22.2. The second-order valence-corrected chi connectivity index (χ2v) is 4.94. The topological polar surface area (TPSA) is 90.9 Å². The predicted molar refractivity (Wildman–Crippen MR) is 65.0 cm³/mol. The van der Waals surface area contributed by atoms with Crippen LogP contribution in [-0.2, 0) is 9.53 Å². The van der Waals surface area contributed by atoms with Crippen LogP contribution >= 0.6 is 0 Å². The normalized spacial score (nSPS) is 17.2. The highest BCUT2D eigenvalue weighted by molar-refractivity contribution is 5.74. The lowest BCUT2D eigenvalue weighted by atomic mass is 9.99. The molecule has 0 aromatic heterocycles. The van der Waals surface area contributed by atoms with Crippen LogP contribution in [0, 0.1) is 0 Å². The third-order valence-electron chi connectivity index (χ3n) is 2.69. The van der Waals surface area contributed by atoms with Crippen molar-refractivity contribution in [1.82, 2.24) is 15.8 Å². The van der Waals surface area contributed by atoms with Crippen LogP contribution in [0.15, 0.2) is 0 Å². The zero-order valence-electron chi connectivity index (χ0n) is 10.9. The molecule has 0 aliphatic carbocycles. The Morgan fingerprint density at radius 2 is 1.94 bits per heavy atom. The predicted octanol–water partition coefficient (Wildman–Crippen LogP) is 0.176. The highest BCUT2D eigenvalue weighted by Gasteiger charge is 2.22. The van der Waals surface area contributed by atoms with Gasteiger partial charge in [0.1, 0.15) is 0 Å². The first-order chi connectivity index (χ1) is 8.39. The number of hydrazine groups is 1. The van der Waals surface area contributed by atoms with Crippen molar-refractivity contribution in [3.63, 3.8) is 0 Å². The molecule has 0 aromatic rings. The zero-order valence-corrected chi connectivity index (χ0v) is 10.9. The van der Waals surface area contributed by atoms with E-state index in [1.165, 1.54) is 0 Å². The molecule has 7 heteroatoms. The summed E-state index contributed by atoms with van der Waals surface area (Å²) < 4.78 is 5.17. The van der Waals surface area contributed by atoms with Crippen molar-refractivity contribution in [2.45, 2.75) is 32.2 Å². The number of carbonyl (C=O) groups is 2. The van der Waals surface area contributed by atoms with Gasteiger partial charge < -0.3 is 15.2 Å². The van der Waals surface area contributed by atoms with E-state index in [4.69, 9.17) is 9.84 Å². The van der Waals surface area contributed by atoms with Gasteiger partial charge in [0.05, 0.1) is 13.2 Å². The second kappa shape index (κ2) is 6.55. The van der Waals surface area contributed by atoms with Crippen LogP contribution in [0.2, 0.25) is 0 Å². The molecular formula is C11H21N3O4. The van der Waals surface area contributed by atoms with Crippen molar-refractivity contribution >= 4 is 12.0 Å². The van der Waals surface area contributed by atoms with Gasteiger partial charge in [-0.05, 0) is 20.3 Å². The van der Waals surface area contributed by atoms with Gasteiger partial charge in [-0.15, -0.1) is 0 Å². The number of carbonyl (C=O) groups excluding carboxylic acids is 1. The minimum absolute atomic E-state index is 0.0326. The quantitative estimate of drug-likeness (QED) is 0.655. The number of nitrogens with one attached hydrogen (secondary N) is 2. The summed E-state index contributed by atoms with van der Waals surface area (Å²) in [7, 11) is 0. The Labute approximate surface area is 106 Å². The first-order valence-electron chi connectivity index (χ1n) is 6.02. The molecule has 0 unspecified atom stereocenters. The van der Waals surface area contributed by atoms with E-state index in [0.29, 0.717) is 32.7 Å². The Balaban J connectivity index is 2.30. The lowest BCUT2D eigenvalue weighted by Crippen LogP contribution is -2.56. The fraction of sp³-hybridized carbons (Fsp3) is 0.818. The van der Waals surface area contributed by atoms with Crippen LogP contribution in [-0.4, -0.2) is 54.0 Å². The number of amides is 2. The number of urea groups is 1. The van der Waals surface area contributed by atoms with E-state index < -0.39 is 11.5 Å². The van der Waals surface area contributed by atoms with Gasteiger partial charge in [0, 0.05) is 25.0 Å². The molecule has 0 saturated carbocycles. The molecule has 7 nitrogen and oxygen atoms in total. The summed E-state index contributed by atoms with van der Waals surface area (Å²) in [6.45, 7) is 6.11. The Morgan fingerprint density at radius 3 is 2.50 bits per heavy atom. The first-order valence-corrected chi connectivity index (χ1v) is 6.02. The molecule has 0 bridgehead atoms. The number of aliphatic carboxylic acids is 1. The Kier molecular flexibility index (Phi) is 5.36. The molecule has 1 heterocycles. The van der Waals surface area contributed by atoms with Gasteiger partial charge in [0.15, 0.2) is 0 Å². The first kappa shape index (κ1) is 14.7.